The van der Waals surface area contributed by atoms with E-state index in [1.165, 1.54) is 25.3 Å². The summed E-state index contributed by atoms with van der Waals surface area (Å²) in [5.74, 6) is -0.974. The van der Waals surface area contributed by atoms with Crippen LogP contribution in [0.4, 0.5) is 8.78 Å². The van der Waals surface area contributed by atoms with E-state index in [0.717, 1.165) is 30.6 Å². The lowest BCUT2D eigenvalue weighted by atomic mass is 9.91. The minimum atomic E-state index is -0.864. The number of rotatable bonds is 6. The van der Waals surface area contributed by atoms with Crippen molar-refractivity contribution in [2.24, 2.45) is 0 Å². The lowest BCUT2D eigenvalue weighted by Gasteiger charge is -2.37. The van der Waals surface area contributed by atoms with Crippen molar-refractivity contribution < 1.29 is 8.78 Å². The van der Waals surface area contributed by atoms with Crippen LogP contribution in [-0.2, 0) is 13.0 Å². The van der Waals surface area contributed by atoms with E-state index in [1.54, 1.807) is 0 Å². The molecule has 2 heterocycles. The summed E-state index contributed by atoms with van der Waals surface area (Å²) in [6.07, 6.45) is 6.31. The van der Waals surface area contributed by atoms with Crippen LogP contribution < -0.4 is 0 Å². The van der Waals surface area contributed by atoms with Crippen LogP contribution in [0.1, 0.15) is 30.8 Å². The van der Waals surface area contributed by atoms with E-state index in [9.17, 15) is 8.78 Å². The third kappa shape index (κ3) is 3.54. The van der Waals surface area contributed by atoms with Crippen LogP contribution in [0.15, 0.2) is 36.5 Å². The summed E-state index contributed by atoms with van der Waals surface area (Å²) >= 11 is 0. The summed E-state index contributed by atoms with van der Waals surface area (Å²) < 4.78 is 26.8. The number of imidazole rings is 1. The summed E-state index contributed by atoms with van der Waals surface area (Å²) in [5, 5.41) is 0. The van der Waals surface area contributed by atoms with Crippen molar-refractivity contribution in [2.45, 2.75) is 38.3 Å². The highest BCUT2D eigenvalue weighted by Gasteiger charge is 2.25. The van der Waals surface area contributed by atoms with Crippen molar-refractivity contribution in [1.29, 1.82) is 0 Å². The molecular weight excluding hydrogens is 322 g/mol. The van der Waals surface area contributed by atoms with E-state index in [1.807, 2.05) is 24.4 Å². The average molecular weight is 342 g/mol. The lowest BCUT2D eigenvalue weighted by molar-refractivity contribution is 0.118. The molecular formula is C19H20F2N4. The fourth-order valence-electron chi connectivity index (χ4n) is 3.27. The van der Waals surface area contributed by atoms with E-state index in [2.05, 4.69) is 19.9 Å². The van der Waals surface area contributed by atoms with Gasteiger partial charge in [0.1, 0.15) is 5.82 Å². The highest BCUT2D eigenvalue weighted by atomic mass is 19.2. The predicted molar refractivity (Wildman–Crippen MR) is 92.0 cm³/mol. The van der Waals surface area contributed by atoms with E-state index in [-0.39, 0.29) is 0 Å². The molecule has 2 aromatic heterocycles. The van der Waals surface area contributed by atoms with Crippen molar-refractivity contribution in [3.05, 3.63) is 59.7 Å². The number of pyridine rings is 1. The molecule has 0 amide bonds. The van der Waals surface area contributed by atoms with Crippen LogP contribution >= 0.6 is 0 Å². The van der Waals surface area contributed by atoms with Gasteiger partial charge < -0.3 is 4.98 Å². The topological polar surface area (TPSA) is 44.8 Å². The van der Waals surface area contributed by atoms with Gasteiger partial charge in [-0.15, -0.1) is 0 Å². The monoisotopic (exact) mass is 342 g/mol. The molecule has 6 heteroatoms. The van der Waals surface area contributed by atoms with Gasteiger partial charge in [0.25, 0.3) is 0 Å². The van der Waals surface area contributed by atoms with E-state index in [0.29, 0.717) is 23.6 Å². The van der Waals surface area contributed by atoms with Crippen LogP contribution in [0.3, 0.4) is 0 Å². The Bertz CT molecular complexity index is 819. The van der Waals surface area contributed by atoms with Gasteiger partial charge in [-0.1, -0.05) is 12.5 Å². The summed E-state index contributed by atoms with van der Waals surface area (Å²) in [4.78, 5) is 14.3. The molecule has 130 valence electrons. The van der Waals surface area contributed by atoms with Crippen molar-refractivity contribution in [1.82, 2.24) is 19.9 Å². The molecule has 0 spiro atoms. The fourth-order valence-corrected chi connectivity index (χ4v) is 3.27. The zero-order valence-corrected chi connectivity index (χ0v) is 13.9. The number of nitrogens with one attached hydrogen (secondary N) is 1. The van der Waals surface area contributed by atoms with Crippen LogP contribution in [0.5, 0.6) is 0 Å². The Balaban J connectivity index is 1.50. The molecule has 0 bridgehead atoms. The first-order valence-electron chi connectivity index (χ1n) is 8.66. The first-order valence-corrected chi connectivity index (χ1v) is 8.66. The Labute approximate surface area is 144 Å². The maximum Gasteiger partial charge on any atom is 0.161 e. The quantitative estimate of drug-likeness (QED) is 0.740. The molecule has 0 unspecified atom stereocenters. The number of fused-ring (bicyclic) bond motifs is 1. The summed E-state index contributed by atoms with van der Waals surface area (Å²) in [5.41, 5.74) is 2.07. The van der Waals surface area contributed by atoms with Crippen LogP contribution in [0.2, 0.25) is 0 Å². The first-order chi connectivity index (χ1) is 12.2. The number of hydrogen-bond acceptors (Lipinski definition) is 3. The Morgan fingerprint density at radius 2 is 2.00 bits per heavy atom. The molecule has 3 aromatic rings. The second-order valence-corrected chi connectivity index (χ2v) is 6.59. The van der Waals surface area contributed by atoms with Gasteiger partial charge in [-0.25, -0.2) is 13.8 Å². The molecule has 1 fully saturated rings. The molecule has 0 aliphatic heterocycles. The molecule has 1 aromatic carbocycles. The highest BCUT2D eigenvalue weighted by molar-refractivity contribution is 5.75. The maximum absolute atomic E-state index is 13.4. The number of nitrogens with zero attached hydrogens (tertiary/aromatic N) is 3. The molecule has 0 atom stereocenters. The average Bonchev–Trinajstić information content (AvgIpc) is 2.93. The Morgan fingerprint density at radius 3 is 2.72 bits per heavy atom. The number of aromatic amines is 1. The molecule has 1 saturated carbocycles. The number of H-pyrrole nitrogens is 1. The molecule has 4 rings (SSSR count). The van der Waals surface area contributed by atoms with Crippen molar-refractivity contribution in [3.8, 4) is 0 Å². The summed E-state index contributed by atoms with van der Waals surface area (Å²) in [6, 6.07) is 8.81. The van der Waals surface area contributed by atoms with Gasteiger partial charge in [0, 0.05) is 43.0 Å². The fraction of sp³-hybridized carbons (Fsp3) is 0.368. The van der Waals surface area contributed by atoms with Gasteiger partial charge in [0.2, 0.25) is 0 Å². The summed E-state index contributed by atoms with van der Waals surface area (Å²) in [7, 11) is 0. The molecule has 1 aliphatic carbocycles. The largest absolute Gasteiger partial charge is 0.341 e. The van der Waals surface area contributed by atoms with Crippen LogP contribution in [0, 0.1) is 11.6 Å². The molecule has 0 radical (unpaired) electrons. The van der Waals surface area contributed by atoms with Gasteiger partial charge in [-0.2, -0.15) is 0 Å². The Kier molecular flexibility index (Phi) is 4.44. The van der Waals surface area contributed by atoms with E-state index >= 15 is 0 Å². The Hall–Kier alpha value is -2.34. The molecule has 4 nitrogen and oxygen atoms in total. The zero-order valence-electron chi connectivity index (χ0n) is 13.9. The first kappa shape index (κ1) is 16.1. The summed E-state index contributed by atoms with van der Waals surface area (Å²) in [6.45, 7) is 1.54. The van der Waals surface area contributed by atoms with Gasteiger partial charge in [0.15, 0.2) is 11.6 Å². The minimum Gasteiger partial charge on any atom is -0.341 e. The number of aromatic nitrogens is 3. The van der Waals surface area contributed by atoms with Crippen molar-refractivity contribution in [3.63, 3.8) is 0 Å². The van der Waals surface area contributed by atoms with Gasteiger partial charge in [-0.3, -0.25) is 9.88 Å². The highest BCUT2D eigenvalue weighted by Crippen LogP contribution is 2.26. The van der Waals surface area contributed by atoms with Crippen molar-refractivity contribution in [2.75, 3.05) is 6.54 Å². The maximum atomic E-state index is 13.4. The third-order valence-electron chi connectivity index (χ3n) is 4.90. The number of benzene rings is 1. The van der Waals surface area contributed by atoms with Gasteiger partial charge in [0.05, 0.1) is 17.6 Å². The van der Waals surface area contributed by atoms with Crippen LogP contribution in [0.25, 0.3) is 11.0 Å². The molecule has 1 aliphatic rings. The van der Waals surface area contributed by atoms with Gasteiger partial charge >= 0.3 is 0 Å². The normalized spacial score (nSPS) is 15.0. The van der Waals surface area contributed by atoms with Crippen LogP contribution in [-0.4, -0.2) is 32.4 Å². The lowest BCUT2D eigenvalue weighted by Crippen LogP contribution is -2.41. The van der Waals surface area contributed by atoms with E-state index in [4.69, 9.17) is 0 Å². The Morgan fingerprint density at radius 1 is 1.16 bits per heavy atom. The zero-order chi connectivity index (χ0) is 17.2. The molecule has 25 heavy (non-hydrogen) atoms. The third-order valence-corrected chi connectivity index (χ3v) is 4.90. The van der Waals surface area contributed by atoms with E-state index < -0.39 is 11.6 Å². The number of hydrogen-bond donors (Lipinski definition) is 1. The van der Waals surface area contributed by atoms with Crippen molar-refractivity contribution >= 4 is 11.0 Å². The molecule has 0 saturated heterocycles. The SMILES string of the molecule is Fc1cc2nc(CN(CCc3ccccn3)C3CCC3)[nH]c2cc1F. The standard InChI is InChI=1S/C19H20F2N4/c20-15-10-17-18(11-16(15)21)24-19(23-17)12-25(14-5-3-6-14)9-7-13-4-1-2-8-22-13/h1-2,4,8,10-11,14H,3,5-7,9,12H2,(H,23,24). The predicted octanol–water partition coefficient (Wildman–Crippen LogP) is 3.83. The van der Waals surface area contributed by atoms with Gasteiger partial charge in [-0.05, 0) is 25.0 Å². The second-order valence-electron chi connectivity index (χ2n) is 6.59. The second kappa shape index (κ2) is 6.88. The smallest absolute Gasteiger partial charge is 0.161 e. The minimum absolute atomic E-state index is 0.465. The number of halogens is 2. The molecule has 1 N–H and O–H groups in total.